The van der Waals surface area contributed by atoms with E-state index in [1.807, 2.05) is 49.1 Å². The Bertz CT molecular complexity index is 579. The van der Waals surface area contributed by atoms with Gasteiger partial charge in [0.15, 0.2) is 0 Å². The Labute approximate surface area is 112 Å². The molecule has 0 fully saturated rings. The maximum Gasteiger partial charge on any atom is 0.354 e. The van der Waals surface area contributed by atoms with E-state index >= 15 is 0 Å². The molecular formula is C15H16N2O2. The number of carboxylic acid groups (broad SMARTS) is 1. The van der Waals surface area contributed by atoms with Crippen molar-refractivity contribution in [2.75, 3.05) is 11.4 Å². The minimum atomic E-state index is -1.01. The van der Waals surface area contributed by atoms with Crippen molar-refractivity contribution >= 4 is 17.3 Å². The van der Waals surface area contributed by atoms with Crippen LogP contribution in [0.2, 0.25) is 0 Å². The molecule has 19 heavy (non-hydrogen) atoms. The molecule has 0 atom stereocenters. The zero-order valence-electron chi connectivity index (χ0n) is 11.0. The number of aromatic nitrogens is 1. The zero-order valence-corrected chi connectivity index (χ0v) is 11.0. The number of anilines is 2. The van der Waals surface area contributed by atoms with Gasteiger partial charge in [0.2, 0.25) is 0 Å². The molecule has 0 unspecified atom stereocenters. The second-order valence-corrected chi connectivity index (χ2v) is 4.28. The van der Waals surface area contributed by atoms with Crippen LogP contribution in [0.15, 0.2) is 42.6 Å². The fraction of sp³-hybridized carbons (Fsp3) is 0.200. The van der Waals surface area contributed by atoms with Crippen LogP contribution in [-0.4, -0.2) is 22.6 Å². The van der Waals surface area contributed by atoms with Crippen LogP contribution in [0.5, 0.6) is 0 Å². The van der Waals surface area contributed by atoms with Crippen LogP contribution in [0.3, 0.4) is 0 Å². The third-order valence-corrected chi connectivity index (χ3v) is 2.94. The molecule has 2 aromatic rings. The van der Waals surface area contributed by atoms with Crippen LogP contribution in [0.4, 0.5) is 11.4 Å². The van der Waals surface area contributed by atoms with Gasteiger partial charge in [-0.3, -0.25) is 0 Å². The Morgan fingerprint density at radius 1 is 1.21 bits per heavy atom. The second-order valence-electron chi connectivity index (χ2n) is 4.28. The monoisotopic (exact) mass is 256 g/mol. The molecule has 0 aliphatic rings. The Kier molecular flexibility index (Phi) is 3.80. The zero-order chi connectivity index (χ0) is 13.8. The molecule has 0 aliphatic heterocycles. The van der Waals surface area contributed by atoms with Gasteiger partial charge in [-0.2, -0.15) is 0 Å². The summed E-state index contributed by atoms with van der Waals surface area (Å²) in [6.07, 6.45) is 1.52. The van der Waals surface area contributed by atoms with E-state index in [1.165, 1.54) is 11.8 Å². The Morgan fingerprint density at radius 2 is 1.89 bits per heavy atom. The fourth-order valence-corrected chi connectivity index (χ4v) is 1.94. The molecular weight excluding hydrogens is 240 g/mol. The van der Waals surface area contributed by atoms with Crippen molar-refractivity contribution in [2.45, 2.75) is 13.8 Å². The van der Waals surface area contributed by atoms with Gasteiger partial charge in [0.05, 0.1) is 0 Å². The van der Waals surface area contributed by atoms with Gasteiger partial charge in [-0.05, 0) is 38.1 Å². The number of hydrogen-bond acceptors (Lipinski definition) is 3. The predicted molar refractivity (Wildman–Crippen MR) is 75.1 cm³/mol. The highest BCUT2D eigenvalue weighted by Gasteiger charge is 2.11. The lowest BCUT2D eigenvalue weighted by Gasteiger charge is -2.23. The number of carboxylic acids is 1. The predicted octanol–water partition coefficient (Wildman–Crippen LogP) is 3.25. The van der Waals surface area contributed by atoms with E-state index in [0.29, 0.717) is 0 Å². The Hall–Kier alpha value is -2.36. The summed E-state index contributed by atoms with van der Waals surface area (Å²) in [6.45, 7) is 4.82. The van der Waals surface area contributed by atoms with Crippen molar-refractivity contribution in [3.05, 3.63) is 53.9 Å². The SMILES string of the molecule is CCN(c1ccc(C)cc1)c1ccnc(C(=O)O)c1. The van der Waals surface area contributed by atoms with E-state index in [0.717, 1.165) is 17.9 Å². The first-order chi connectivity index (χ1) is 9.11. The molecule has 0 bridgehead atoms. The maximum atomic E-state index is 11.0. The molecule has 4 heteroatoms. The van der Waals surface area contributed by atoms with E-state index in [9.17, 15) is 4.79 Å². The third-order valence-electron chi connectivity index (χ3n) is 2.94. The van der Waals surface area contributed by atoms with E-state index < -0.39 is 5.97 Å². The van der Waals surface area contributed by atoms with E-state index in [1.54, 1.807) is 6.07 Å². The second kappa shape index (κ2) is 5.52. The van der Waals surface area contributed by atoms with Crippen LogP contribution in [0, 0.1) is 6.92 Å². The Morgan fingerprint density at radius 3 is 2.47 bits per heavy atom. The number of aromatic carboxylic acids is 1. The normalized spacial score (nSPS) is 10.2. The minimum Gasteiger partial charge on any atom is -0.477 e. The molecule has 0 saturated heterocycles. The summed E-state index contributed by atoms with van der Waals surface area (Å²) in [4.78, 5) is 16.9. The summed E-state index contributed by atoms with van der Waals surface area (Å²) >= 11 is 0. The first-order valence-electron chi connectivity index (χ1n) is 6.15. The van der Waals surface area contributed by atoms with Gasteiger partial charge < -0.3 is 10.0 Å². The average molecular weight is 256 g/mol. The summed E-state index contributed by atoms with van der Waals surface area (Å²) in [5.74, 6) is -1.01. The number of carbonyl (C=O) groups is 1. The van der Waals surface area contributed by atoms with Gasteiger partial charge in [-0.25, -0.2) is 9.78 Å². The molecule has 0 amide bonds. The molecule has 0 aliphatic carbocycles. The Balaban J connectivity index is 2.39. The number of pyridine rings is 1. The van der Waals surface area contributed by atoms with Crippen molar-refractivity contribution in [3.8, 4) is 0 Å². The lowest BCUT2D eigenvalue weighted by molar-refractivity contribution is 0.0690. The molecule has 0 saturated carbocycles. The van der Waals surface area contributed by atoms with Crippen LogP contribution in [0.25, 0.3) is 0 Å². The van der Waals surface area contributed by atoms with E-state index in [4.69, 9.17) is 5.11 Å². The number of aryl methyl sites for hydroxylation is 1. The third kappa shape index (κ3) is 2.91. The van der Waals surface area contributed by atoms with Crippen molar-refractivity contribution in [2.24, 2.45) is 0 Å². The van der Waals surface area contributed by atoms with Crippen molar-refractivity contribution in [1.29, 1.82) is 0 Å². The summed E-state index contributed by atoms with van der Waals surface area (Å²) in [7, 11) is 0. The lowest BCUT2D eigenvalue weighted by atomic mass is 10.2. The molecule has 4 nitrogen and oxygen atoms in total. The number of rotatable bonds is 4. The number of benzene rings is 1. The summed E-state index contributed by atoms with van der Waals surface area (Å²) in [5.41, 5.74) is 3.12. The highest BCUT2D eigenvalue weighted by Crippen LogP contribution is 2.25. The van der Waals surface area contributed by atoms with Gasteiger partial charge >= 0.3 is 5.97 Å². The molecule has 98 valence electrons. The van der Waals surface area contributed by atoms with Crippen LogP contribution >= 0.6 is 0 Å². The van der Waals surface area contributed by atoms with Gasteiger partial charge in [-0.15, -0.1) is 0 Å². The molecule has 1 aromatic carbocycles. The van der Waals surface area contributed by atoms with Crippen LogP contribution in [0.1, 0.15) is 23.0 Å². The average Bonchev–Trinajstić information content (AvgIpc) is 2.42. The smallest absolute Gasteiger partial charge is 0.354 e. The first-order valence-corrected chi connectivity index (χ1v) is 6.15. The number of hydrogen-bond donors (Lipinski definition) is 1. The van der Waals surface area contributed by atoms with Gasteiger partial charge in [0.1, 0.15) is 5.69 Å². The van der Waals surface area contributed by atoms with E-state index in [2.05, 4.69) is 4.98 Å². The molecule has 1 heterocycles. The topological polar surface area (TPSA) is 53.4 Å². The van der Waals surface area contributed by atoms with Crippen LogP contribution < -0.4 is 4.90 Å². The lowest BCUT2D eigenvalue weighted by Crippen LogP contribution is -2.16. The van der Waals surface area contributed by atoms with Gasteiger partial charge in [0, 0.05) is 24.1 Å². The summed E-state index contributed by atoms with van der Waals surface area (Å²) in [5, 5.41) is 8.99. The molecule has 1 N–H and O–H groups in total. The van der Waals surface area contributed by atoms with Crippen molar-refractivity contribution in [1.82, 2.24) is 4.98 Å². The largest absolute Gasteiger partial charge is 0.477 e. The molecule has 0 radical (unpaired) electrons. The highest BCUT2D eigenvalue weighted by atomic mass is 16.4. The van der Waals surface area contributed by atoms with Crippen molar-refractivity contribution in [3.63, 3.8) is 0 Å². The number of nitrogens with zero attached hydrogens (tertiary/aromatic N) is 2. The molecule has 1 aromatic heterocycles. The molecule has 2 rings (SSSR count). The van der Waals surface area contributed by atoms with Crippen molar-refractivity contribution < 1.29 is 9.90 Å². The highest BCUT2D eigenvalue weighted by molar-refractivity contribution is 5.86. The standard InChI is InChI=1S/C15H16N2O2/c1-3-17(12-6-4-11(2)5-7-12)13-8-9-16-14(10-13)15(18)19/h4-10H,3H2,1-2H3,(H,18,19). The van der Waals surface area contributed by atoms with Crippen LogP contribution in [-0.2, 0) is 0 Å². The first kappa shape index (κ1) is 13.1. The van der Waals surface area contributed by atoms with Gasteiger partial charge in [-0.1, -0.05) is 17.7 Å². The minimum absolute atomic E-state index is 0.0584. The molecule has 0 spiro atoms. The van der Waals surface area contributed by atoms with E-state index in [-0.39, 0.29) is 5.69 Å². The maximum absolute atomic E-state index is 11.0. The van der Waals surface area contributed by atoms with Gasteiger partial charge in [0.25, 0.3) is 0 Å². The summed E-state index contributed by atoms with van der Waals surface area (Å²) < 4.78 is 0. The fourth-order valence-electron chi connectivity index (χ4n) is 1.94. The summed E-state index contributed by atoms with van der Waals surface area (Å²) in [6, 6.07) is 11.5. The quantitative estimate of drug-likeness (QED) is 0.912.